The second-order valence-electron chi connectivity index (χ2n) is 5.13. The molecule has 6 heteroatoms. The van der Waals surface area contributed by atoms with Gasteiger partial charge in [0.15, 0.2) is 11.6 Å². The Bertz CT molecular complexity index is 651. The number of rotatable bonds is 7. The Morgan fingerprint density at radius 3 is 2.43 bits per heavy atom. The molecule has 2 aromatic rings. The molecule has 0 fully saturated rings. The summed E-state index contributed by atoms with van der Waals surface area (Å²) in [5.41, 5.74) is 0.646. The van der Waals surface area contributed by atoms with Crippen molar-refractivity contribution in [3.63, 3.8) is 0 Å². The molecule has 0 aliphatic rings. The van der Waals surface area contributed by atoms with E-state index in [2.05, 4.69) is 5.32 Å². The van der Waals surface area contributed by atoms with Crippen molar-refractivity contribution in [3.05, 3.63) is 71.0 Å². The average Bonchev–Trinajstić information content (AvgIpc) is 2.54. The second kappa shape index (κ2) is 8.10. The van der Waals surface area contributed by atoms with E-state index >= 15 is 0 Å². The molecule has 2 aromatic carbocycles. The van der Waals surface area contributed by atoms with Crippen LogP contribution in [0.4, 0.5) is 13.2 Å². The molecular formula is C17H18F3NO2. The van der Waals surface area contributed by atoms with Gasteiger partial charge in [-0.25, -0.2) is 13.2 Å². The van der Waals surface area contributed by atoms with E-state index in [4.69, 9.17) is 4.74 Å². The molecule has 2 rings (SSSR count). The summed E-state index contributed by atoms with van der Waals surface area (Å²) in [7, 11) is 1.47. The van der Waals surface area contributed by atoms with Crippen molar-refractivity contribution in [3.8, 4) is 0 Å². The van der Waals surface area contributed by atoms with E-state index in [1.54, 1.807) is 6.07 Å². The van der Waals surface area contributed by atoms with E-state index < -0.39 is 29.6 Å². The van der Waals surface area contributed by atoms with E-state index in [-0.39, 0.29) is 18.7 Å². The number of methoxy groups -OCH3 is 1. The molecule has 0 saturated carbocycles. The number of ether oxygens (including phenoxy) is 1. The lowest BCUT2D eigenvalue weighted by Crippen LogP contribution is -2.29. The standard InChI is InChI=1S/C17H18F3NO2/c1-23-10-16(11-6-7-14(19)15(20)8-11)21-9-17(22)12-4-2-3-5-13(12)18/h2-8,16-17,21-22H,9-10H2,1H3. The van der Waals surface area contributed by atoms with E-state index in [1.165, 1.54) is 31.4 Å². The molecule has 2 atom stereocenters. The second-order valence-corrected chi connectivity index (χ2v) is 5.13. The quantitative estimate of drug-likeness (QED) is 0.822. The molecule has 0 bridgehead atoms. The molecule has 124 valence electrons. The van der Waals surface area contributed by atoms with Gasteiger partial charge in [-0.15, -0.1) is 0 Å². The maximum absolute atomic E-state index is 13.6. The number of aliphatic hydroxyl groups is 1. The number of hydrogen-bond acceptors (Lipinski definition) is 3. The minimum Gasteiger partial charge on any atom is -0.387 e. The summed E-state index contributed by atoms with van der Waals surface area (Å²) >= 11 is 0. The van der Waals surface area contributed by atoms with Gasteiger partial charge in [0.25, 0.3) is 0 Å². The lowest BCUT2D eigenvalue weighted by atomic mass is 10.1. The van der Waals surface area contributed by atoms with Gasteiger partial charge in [0, 0.05) is 19.2 Å². The van der Waals surface area contributed by atoms with Crippen molar-refractivity contribution < 1.29 is 23.0 Å². The smallest absolute Gasteiger partial charge is 0.159 e. The summed E-state index contributed by atoms with van der Waals surface area (Å²) < 4.78 is 45.1. The first kappa shape index (κ1) is 17.5. The minimum atomic E-state index is -1.07. The highest BCUT2D eigenvalue weighted by molar-refractivity contribution is 5.23. The molecule has 0 heterocycles. The van der Waals surface area contributed by atoms with Gasteiger partial charge in [0.05, 0.1) is 18.8 Å². The summed E-state index contributed by atoms with van der Waals surface area (Å²) in [6, 6.07) is 8.99. The van der Waals surface area contributed by atoms with E-state index in [9.17, 15) is 18.3 Å². The van der Waals surface area contributed by atoms with Gasteiger partial charge in [-0.2, -0.15) is 0 Å². The first-order valence-electron chi connectivity index (χ1n) is 7.12. The maximum Gasteiger partial charge on any atom is 0.159 e. The number of nitrogens with one attached hydrogen (secondary N) is 1. The first-order chi connectivity index (χ1) is 11.0. The number of hydrogen-bond donors (Lipinski definition) is 2. The molecule has 23 heavy (non-hydrogen) atoms. The topological polar surface area (TPSA) is 41.5 Å². The van der Waals surface area contributed by atoms with Gasteiger partial charge in [0.2, 0.25) is 0 Å². The van der Waals surface area contributed by atoms with Crippen molar-refractivity contribution >= 4 is 0 Å². The van der Waals surface area contributed by atoms with Crippen LogP contribution in [0.2, 0.25) is 0 Å². The summed E-state index contributed by atoms with van der Waals surface area (Å²) in [4.78, 5) is 0. The predicted octanol–water partition coefficient (Wildman–Crippen LogP) is 3.11. The Morgan fingerprint density at radius 1 is 1.04 bits per heavy atom. The molecule has 0 saturated heterocycles. The SMILES string of the molecule is COCC(NCC(O)c1ccccc1F)c1ccc(F)c(F)c1. The number of aliphatic hydroxyl groups excluding tert-OH is 1. The molecule has 3 nitrogen and oxygen atoms in total. The normalized spacial score (nSPS) is 13.8. The van der Waals surface area contributed by atoms with Crippen LogP contribution in [0.15, 0.2) is 42.5 Å². The fourth-order valence-corrected chi connectivity index (χ4v) is 2.28. The van der Waals surface area contributed by atoms with Crippen LogP contribution in [0.1, 0.15) is 23.3 Å². The first-order valence-corrected chi connectivity index (χ1v) is 7.12. The Balaban J connectivity index is 2.07. The zero-order valence-electron chi connectivity index (χ0n) is 12.6. The number of halogens is 3. The van der Waals surface area contributed by atoms with E-state index in [1.807, 2.05) is 0 Å². The lowest BCUT2D eigenvalue weighted by Gasteiger charge is -2.21. The van der Waals surface area contributed by atoms with E-state index in [0.717, 1.165) is 12.1 Å². The molecular weight excluding hydrogens is 307 g/mol. The Hall–Kier alpha value is -1.89. The average molecular weight is 325 g/mol. The maximum atomic E-state index is 13.6. The summed E-state index contributed by atoms with van der Waals surface area (Å²) in [5, 5.41) is 13.1. The van der Waals surface area contributed by atoms with Crippen LogP contribution in [-0.2, 0) is 4.74 Å². The third-order valence-corrected chi connectivity index (χ3v) is 3.50. The van der Waals surface area contributed by atoms with Gasteiger partial charge in [-0.05, 0) is 23.8 Å². The zero-order valence-corrected chi connectivity index (χ0v) is 12.6. The Labute approximate surface area is 132 Å². The fraction of sp³-hybridized carbons (Fsp3) is 0.294. The van der Waals surface area contributed by atoms with Crippen LogP contribution in [-0.4, -0.2) is 25.4 Å². The largest absolute Gasteiger partial charge is 0.387 e. The lowest BCUT2D eigenvalue weighted by molar-refractivity contribution is 0.137. The van der Waals surface area contributed by atoms with Crippen LogP contribution in [0.5, 0.6) is 0 Å². The van der Waals surface area contributed by atoms with Crippen LogP contribution < -0.4 is 5.32 Å². The van der Waals surface area contributed by atoms with Crippen LogP contribution in [0, 0.1) is 17.5 Å². The highest BCUT2D eigenvalue weighted by Crippen LogP contribution is 2.20. The van der Waals surface area contributed by atoms with Gasteiger partial charge in [-0.1, -0.05) is 24.3 Å². The monoisotopic (exact) mass is 325 g/mol. The third kappa shape index (κ3) is 4.54. The summed E-state index contributed by atoms with van der Waals surface area (Å²) in [5.74, 6) is -2.39. The molecule has 0 aromatic heterocycles. The van der Waals surface area contributed by atoms with Gasteiger partial charge in [0.1, 0.15) is 5.82 Å². The fourth-order valence-electron chi connectivity index (χ4n) is 2.28. The van der Waals surface area contributed by atoms with Crippen molar-refractivity contribution in [2.45, 2.75) is 12.1 Å². The zero-order chi connectivity index (χ0) is 16.8. The molecule has 0 aliphatic heterocycles. The third-order valence-electron chi connectivity index (χ3n) is 3.50. The number of benzene rings is 2. The van der Waals surface area contributed by atoms with Crippen molar-refractivity contribution in [2.24, 2.45) is 0 Å². The molecule has 0 spiro atoms. The van der Waals surface area contributed by atoms with Gasteiger partial charge in [-0.3, -0.25) is 0 Å². The van der Waals surface area contributed by atoms with Crippen LogP contribution in [0.25, 0.3) is 0 Å². The molecule has 0 amide bonds. The summed E-state index contributed by atoms with van der Waals surface area (Å²) in [6.07, 6.45) is -1.07. The van der Waals surface area contributed by atoms with Crippen LogP contribution >= 0.6 is 0 Å². The molecule has 2 unspecified atom stereocenters. The van der Waals surface area contributed by atoms with Crippen LogP contribution in [0.3, 0.4) is 0 Å². The molecule has 0 aliphatic carbocycles. The predicted molar refractivity (Wildman–Crippen MR) is 80.3 cm³/mol. The minimum absolute atomic E-state index is 0.0357. The Morgan fingerprint density at radius 2 is 1.78 bits per heavy atom. The van der Waals surface area contributed by atoms with Crippen molar-refractivity contribution in [2.75, 3.05) is 20.3 Å². The molecule has 0 radical (unpaired) electrons. The highest BCUT2D eigenvalue weighted by atomic mass is 19.2. The van der Waals surface area contributed by atoms with Crippen molar-refractivity contribution in [1.82, 2.24) is 5.32 Å². The van der Waals surface area contributed by atoms with Crippen molar-refractivity contribution in [1.29, 1.82) is 0 Å². The van der Waals surface area contributed by atoms with Gasteiger partial charge >= 0.3 is 0 Å². The Kier molecular flexibility index (Phi) is 6.15. The van der Waals surface area contributed by atoms with E-state index in [0.29, 0.717) is 5.56 Å². The highest BCUT2D eigenvalue weighted by Gasteiger charge is 2.17. The van der Waals surface area contributed by atoms with Gasteiger partial charge < -0.3 is 15.2 Å². The summed E-state index contributed by atoms with van der Waals surface area (Å²) in [6.45, 7) is 0.225. The molecule has 2 N–H and O–H groups in total.